The molecule has 0 saturated carbocycles. The minimum absolute atomic E-state index is 0.0178. The zero-order valence-electron chi connectivity index (χ0n) is 9.19. The van der Waals surface area contributed by atoms with Crippen molar-refractivity contribution in [2.45, 2.75) is 19.4 Å². The van der Waals surface area contributed by atoms with E-state index < -0.39 is 0 Å². The second-order valence-electron chi connectivity index (χ2n) is 4.14. The molecule has 0 unspecified atom stereocenters. The number of thiophene rings is 1. The average Bonchev–Trinajstić information content (AvgIpc) is 2.82. The lowest BCUT2D eigenvalue weighted by atomic mass is 9.96. The van der Waals surface area contributed by atoms with Crippen molar-refractivity contribution in [3.63, 3.8) is 0 Å². The number of rotatable bonds is 3. The Hall–Kier alpha value is -0.910. The lowest BCUT2D eigenvalue weighted by molar-refractivity contribution is -0.126. The smallest absolute Gasteiger partial charge is 0.237 e. The van der Waals surface area contributed by atoms with E-state index in [4.69, 9.17) is 5.84 Å². The second-order valence-corrected chi connectivity index (χ2v) is 5.17. The van der Waals surface area contributed by atoms with Gasteiger partial charge in [0.1, 0.15) is 0 Å². The first-order valence-corrected chi connectivity index (χ1v) is 6.43. The van der Waals surface area contributed by atoms with E-state index in [2.05, 4.69) is 27.8 Å². The Balaban J connectivity index is 1.79. The first-order valence-electron chi connectivity index (χ1n) is 5.55. The Morgan fingerprint density at radius 1 is 1.56 bits per heavy atom. The molecule has 88 valence electrons. The van der Waals surface area contributed by atoms with Gasteiger partial charge in [-0.05, 0) is 37.4 Å². The quantitative estimate of drug-likeness (QED) is 0.469. The van der Waals surface area contributed by atoms with Crippen LogP contribution in [0.1, 0.15) is 17.7 Å². The number of carbonyl (C=O) groups is 1. The first kappa shape index (κ1) is 11.6. The van der Waals surface area contributed by atoms with Crippen LogP contribution in [0.25, 0.3) is 0 Å². The molecule has 0 spiro atoms. The number of hydrogen-bond acceptors (Lipinski definition) is 4. The van der Waals surface area contributed by atoms with E-state index in [0.717, 1.165) is 32.5 Å². The van der Waals surface area contributed by atoms with Crippen LogP contribution in [0, 0.1) is 5.92 Å². The van der Waals surface area contributed by atoms with Gasteiger partial charge in [-0.2, -0.15) is 0 Å². The standard InChI is InChI=1S/C11H17N3OS/c12-13-11(15)9-3-5-14(6-4-9)8-10-2-1-7-16-10/h1-2,7,9H,3-6,8,12H2,(H,13,15). The van der Waals surface area contributed by atoms with Crippen molar-refractivity contribution in [2.75, 3.05) is 13.1 Å². The monoisotopic (exact) mass is 239 g/mol. The molecule has 0 aromatic carbocycles. The predicted molar refractivity (Wildman–Crippen MR) is 64.7 cm³/mol. The van der Waals surface area contributed by atoms with Crippen LogP contribution in [0.3, 0.4) is 0 Å². The highest BCUT2D eigenvalue weighted by Gasteiger charge is 2.24. The van der Waals surface area contributed by atoms with E-state index >= 15 is 0 Å². The molecule has 0 atom stereocenters. The van der Waals surface area contributed by atoms with Gasteiger partial charge in [-0.1, -0.05) is 6.07 Å². The number of nitrogens with two attached hydrogens (primary N) is 1. The summed E-state index contributed by atoms with van der Waals surface area (Å²) in [7, 11) is 0. The fourth-order valence-electron chi connectivity index (χ4n) is 2.09. The minimum Gasteiger partial charge on any atom is -0.298 e. The summed E-state index contributed by atoms with van der Waals surface area (Å²) in [6.07, 6.45) is 1.82. The fourth-order valence-corrected chi connectivity index (χ4v) is 2.84. The third-order valence-corrected chi connectivity index (χ3v) is 3.92. The van der Waals surface area contributed by atoms with Gasteiger partial charge < -0.3 is 0 Å². The number of amides is 1. The molecular weight excluding hydrogens is 222 g/mol. The van der Waals surface area contributed by atoms with Gasteiger partial charge in [-0.3, -0.25) is 15.1 Å². The van der Waals surface area contributed by atoms with Crippen LogP contribution in [0.15, 0.2) is 17.5 Å². The highest BCUT2D eigenvalue weighted by atomic mass is 32.1. The Kier molecular flexibility index (Phi) is 3.93. The number of hydrogen-bond donors (Lipinski definition) is 2. The molecule has 1 aromatic rings. The molecule has 0 aliphatic carbocycles. The molecule has 1 saturated heterocycles. The van der Waals surface area contributed by atoms with Crippen LogP contribution in [0.2, 0.25) is 0 Å². The summed E-state index contributed by atoms with van der Waals surface area (Å²) in [5.74, 6) is 5.22. The summed E-state index contributed by atoms with van der Waals surface area (Å²) in [6.45, 7) is 2.97. The fraction of sp³-hybridized carbons (Fsp3) is 0.545. The minimum atomic E-state index is -0.0178. The van der Waals surface area contributed by atoms with Crippen LogP contribution < -0.4 is 11.3 Å². The van der Waals surface area contributed by atoms with Gasteiger partial charge in [0.05, 0.1) is 0 Å². The number of likely N-dealkylation sites (tertiary alicyclic amines) is 1. The van der Waals surface area contributed by atoms with Gasteiger partial charge in [0.2, 0.25) is 5.91 Å². The number of nitrogens with zero attached hydrogens (tertiary/aromatic N) is 1. The number of nitrogens with one attached hydrogen (secondary N) is 1. The Morgan fingerprint density at radius 2 is 2.31 bits per heavy atom. The maximum atomic E-state index is 11.3. The summed E-state index contributed by atoms with van der Waals surface area (Å²) in [5.41, 5.74) is 2.24. The van der Waals surface area contributed by atoms with E-state index in [-0.39, 0.29) is 11.8 Å². The summed E-state index contributed by atoms with van der Waals surface area (Å²) in [4.78, 5) is 15.1. The molecule has 1 aliphatic heterocycles. The summed E-state index contributed by atoms with van der Waals surface area (Å²) >= 11 is 1.79. The van der Waals surface area contributed by atoms with E-state index in [9.17, 15) is 4.79 Å². The topological polar surface area (TPSA) is 58.4 Å². The molecule has 0 bridgehead atoms. The third-order valence-electron chi connectivity index (χ3n) is 3.06. The third kappa shape index (κ3) is 2.81. The molecule has 3 N–H and O–H groups in total. The number of carbonyl (C=O) groups excluding carboxylic acids is 1. The predicted octanol–water partition coefficient (Wildman–Crippen LogP) is 0.950. The van der Waals surface area contributed by atoms with E-state index in [1.165, 1.54) is 4.88 Å². The summed E-state index contributed by atoms with van der Waals surface area (Å²) in [6, 6.07) is 4.23. The average molecular weight is 239 g/mol. The maximum Gasteiger partial charge on any atom is 0.237 e. The van der Waals surface area contributed by atoms with Gasteiger partial charge >= 0.3 is 0 Å². The molecule has 1 aliphatic rings. The highest BCUT2D eigenvalue weighted by Crippen LogP contribution is 2.20. The molecule has 16 heavy (non-hydrogen) atoms. The van der Waals surface area contributed by atoms with Gasteiger partial charge in [-0.25, -0.2) is 5.84 Å². The van der Waals surface area contributed by atoms with Crippen molar-refractivity contribution in [2.24, 2.45) is 11.8 Å². The van der Waals surface area contributed by atoms with E-state index in [1.54, 1.807) is 11.3 Å². The molecule has 2 heterocycles. The summed E-state index contributed by atoms with van der Waals surface area (Å²) in [5, 5.41) is 2.10. The molecule has 5 heteroatoms. The van der Waals surface area contributed by atoms with Gasteiger partial charge in [0.15, 0.2) is 0 Å². The normalized spacial score (nSPS) is 18.6. The van der Waals surface area contributed by atoms with Crippen LogP contribution in [0.4, 0.5) is 0 Å². The van der Waals surface area contributed by atoms with Gasteiger partial charge in [0.25, 0.3) is 0 Å². The molecule has 4 nitrogen and oxygen atoms in total. The van der Waals surface area contributed by atoms with E-state index in [0.29, 0.717) is 0 Å². The Bertz CT molecular complexity index is 331. The number of hydrazine groups is 1. The van der Waals surface area contributed by atoms with Crippen molar-refractivity contribution < 1.29 is 4.79 Å². The Morgan fingerprint density at radius 3 is 2.88 bits per heavy atom. The van der Waals surface area contributed by atoms with E-state index in [1.807, 2.05) is 0 Å². The molecule has 0 radical (unpaired) electrons. The van der Waals surface area contributed by atoms with Crippen molar-refractivity contribution in [3.8, 4) is 0 Å². The molecule has 1 aromatic heterocycles. The van der Waals surface area contributed by atoms with Gasteiger partial charge in [0, 0.05) is 17.3 Å². The summed E-state index contributed by atoms with van der Waals surface area (Å²) < 4.78 is 0. The van der Waals surface area contributed by atoms with Crippen LogP contribution >= 0.6 is 11.3 Å². The van der Waals surface area contributed by atoms with Crippen LogP contribution in [-0.4, -0.2) is 23.9 Å². The van der Waals surface area contributed by atoms with Crippen molar-refractivity contribution in [3.05, 3.63) is 22.4 Å². The maximum absolute atomic E-state index is 11.3. The van der Waals surface area contributed by atoms with Crippen molar-refractivity contribution in [1.29, 1.82) is 0 Å². The largest absolute Gasteiger partial charge is 0.298 e. The zero-order chi connectivity index (χ0) is 11.4. The highest BCUT2D eigenvalue weighted by molar-refractivity contribution is 7.09. The SMILES string of the molecule is NNC(=O)C1CCN(Cc2cccs2)CC1. The molecule has 2 rings (SSSR count). The van der Waals surface area contributed by atoms with Crippen molar-refractivity contribution in [1.82, 2.24) is 10.3 Å². The molecule has 1 fully saturated rings. The first-order chi connectivity index (χ1) is 7.79. The molecule has 1 amide bonds. The lowest BCUT2D eigenvalue weighted by Crippen LogP contribution is -2.42. The lowest BCUT2D eigenvalue weighted by Gasteiger charge is -2.30. The van der Waals surface area contributed by atoms with Gasteiger partial charge in [-0.15, -0.1) is 11.3 Å². The number of piperidine rings is 1. The zero-order valence-corrected chi connectivity index (χ0v) is 10.0. The molecular formula is C11H17N3OS. The van der Waals surface area contributed by atoms with Crippen LogP contribution in [-0.2, 0) is 11.3 Å². The Labute approximate surface area is 99.4 Å². The van der Waals surface area contributed by atoms with Crippen molar-refractivity contribution >= 4 is 17.2 Å². The second kappa shape index (κ2) is 5.43. The van der Waals surface area contributed by atoms with Crippen LogP contribution in [0.5, 0.6) is 0 Å².